The lowest BCUT2D eigenvalue weighted by molar-refractivity contribution is -0.125. The maximum atomic E-state index is 11.9. The maximum Gasteiger partial charge on any atom is 0.243 e. The van der Waals surface area contributed by atoms with Crippen LogP contribution in [0.3, 0.4) is 0 Å². The number of amides is 1. The van der Waals surface area contributed by atoms with E-state index in [1.54, 1.807) is 13.3 Å². The van der Waals surface area contributed by atoms with E-state index in [4.69, 9.17) is 4.74 Å². The van der Waals surface area contributed by atoms with Gasteiger partial charge in [0.05, 0.1) is 13.3 Å². The minimum atomic E-state index is -0.00681. The van der Waals surface area contributed by atoms with Gasteiger partial charge < -0.3 is 10.1 Å². The molecule has 0 spiro atoms. The second-order valence-corrected chi connectivity index (χ2v) is 4.50. The highest BCUT2D eigenvalue weighted by Crippen LogP contribution is 2.15. The summed E-state index contributed by atoms with van der Waals surface area (Å²) in [4.78, 5) is 11.9. The van der Waals surface area contributed by atoms with Crippen LogP contribution in [0.4, 0.5) is 0 Å². The van der Waals surface area contributed by atoms with E-state index >= 15 is 0 Å². The van der Waals surface area contributed by atoms with Crippen LogP contribution in [-0.2, 0) is 4.79 Å². The number of methoxy groups -OCH3 is 1. The molecule has 2 rings (SSSR count). The van der Waals surface area contributed by atoms with E-state index in [9.17, 15) is 4.79 Å². The lowest BCUT2D eigenvalue weighted by atomic mass is 9.98. The number of hydrogen-bond donors (Lipinski definition) is 2. The summed E-state index contributed by atoms with van der Waals surface area (Å²) in [6.07, 6.45) is 3.35. The molecular formula is C14H19N3O2. The zero-order valence-corrected chi connectivity index (χ0v) is 11.1. The molecule has 0 saturated carbocycles. The molecule has 1 amide bonds. The monoisotopic (exact) mass is 261 g/mol. The third-order valence-corrected chi connectivity index (χ3v) is 3.23. The largest absolute Gasteiger partial charge is 0.496 e. The first kappa shape index (κ1) is 13.5. The standard InChI is InChI=1S/C14H19N3O2/c1-19-13-5-3-2-4-12(13)10-16-17-14(18)11-6-8-15-9-7-11/h2-5,10-11,15H,6-9H2,1H3,(H,17,18). The fourth-order valence-electron chi connectivity index (χ4n) is 2.11. The molecule has 19 heavy (non-hydrogen) atoms. The lowest BCUT2D eigenvalue weighted by Gasteiger charge is -2.20. The zero-order valence-electron chi connectivity index (χ0n) is 11.1. The number of nitrogens with one attached hydrogen (secondary N) is 2. The Labute approximate surface area is 113 Å². The van der Waals surface area contributed by atoms with Crippen LogP contribution in [0.15, 0.2) is 29.4 Å². The van der Waals surface area contributed by atoms with Gasteiger partial charge in [-0.15, -0.1) is 0 Å². The Morgan fingerprint density at radius 1 is 1.42 bits per heavy atom. The van der Waals surface area contributed by atoms with Crippen LogP contribution < -0.4 is 15.5 Å². The maximum absolute atomic E-state index is 11.9. The summed E-state index contributed by atoms with van der Waals surface area (Å²) in [5, 5.41) is 7.23. The van der Waals surface area contributed by atoms with Crippen LogP contribution in [-0.4, -0.2) is 32.3 Å². The molecule has 0 unspecified atom stereocenters. The van der Waals surface area contributed by atoms with Gasteiger partial charge in [-0.05, 0) is 38.1 Å². The summed E-state index contributed by atoms with van der Waals surface area (Å²) in [5.74, 6) is 0.797. The Hall–Kier alpha value is -1.88. The van der Waals surface area contributed by atoms with Gasteiger partial charge >= 0.3 is 0 Å². The van der Waals surface area contributed by atoms with E-state index in [-0.39, 0.29) is 11.8 Å². The topological polar surface area (TPSA) is 62.7 Å². The molecule has 1 fully saturated rings. The third kappa shape index (κ3) is 3.79. The molecule has 1 heterocycles. The van der Waals surface area contributed by atoms with Gasteiger partial charge in [-0.2, -0.15) is 5.10 Å². The predicted octanol–water partition coefficient (Wildman–Crippen LogP) is 1.14. The molecule has 2 N–H and O–H groups in total. The van der Waals surface area contributed by atoms with Gasteiger partial charge in [0.2, 0.25) is 5.91 Å². The minimum absolute atomic E-state index is 0.00681. The number of benzene rings is 1. The van der Waals surface area contributed by atoms with Gasteiger partial charge in [-0.25, -0.2) is 5.43 Å². The summed E-state index contributed by atoms with van der Waals surface area (Å²) in [6.45, 7) is 1.79. The van der Waals surface area contributed by atoms with Crippen molar-refractivity contribution in [3.05, 3.63) is 29.8 Å². The first-order chi connectivity index (χ1) is 9.31. The van der Waals surface area contributed by atoms with E-state index in [1.165, 1.54) is 0 Å². The second-order valence-electron chi connectivity index (χ2n) is 4.50. The first-order valence-electron chi connectivity index (χ1n) is 6.48. The molecule has 5 nitrogen and oxygen atoms in total. The number of para-hydroxylation sites is 1. The highest BCUT2D eigenvalue weighted by atomic mass is 16.5. The number of ether oxygens (including phenoxy) is 1. The fourth-order valence-corrected chi connectivity index (χ4v) is 2.11. The first-order valence-corrected chi connectivity index (χ1v) is 6.48. The van der Waals surface area contributed by atoms with Gasteiger partial charge in [-0.1, -0.05) is 12.1 Å². The fraction of sp³-hybridized carbons (Fsp3) is 0.429. The number of carbonyl (C=O) groups excluding carboxylic acids is 1. The SMILES string of the molecule is COc1ccccc1C=NNC(=O)C1CCNCC1. The highest BCUT2D eigenvalue weighted by molar-refractivity contribution is 5.85. The van der Waals surface area contributed by atoms with Gasteiger partial charge in [0.25, 0.3) is 0 Å². The van der Waals surface area contributed by atoms with Crippen LogP contribution in [0, 0.1) is 5.92 Å². The predicted molar refractivity (Wildman–Crippen MR) is 74.3 cm³/mol. The van der Waals surface area contributed by atoms with Gasteiger partial charge in [-0.3, -0.25) is 4.79 Å². The van der Waals surface area contributed by atoms with Crippen molar-refractivity contribution in [2.75, 3.05) is 20.2 Å². The van der Waals surface area contributed by atoms with Crippen LogP contribution in [0.2, 0.25) is 0 Å². The molecule has 1 saturated heterocycles. The average Bonchev–Trinajstić information content (AvgIpc) is 2.48. The summed E-state index contributed by atoms with van der Waals surface area (Å²) in [7, 11) is 1.61. The number of nitrogens with zero attached hydrogens (tertiary/aromatic N) is 1. The van der Waals surface area contributed by atoms with Crippen LogP contribution >= 0.6 is 0 Å². The summed E-state index contributed by atoms with van der Waals surface area (Å²) < 4.78 is 5.21. The van der Waals surface area contributed by atoms with Crippen molar-refractivity contribution in [3.63, 3.8) is 0 Å². The van der Waals surface area contributed by atoms with E-state index in [0.29, 0.717) is 0 Å². The molecule has 1 aromatic rings. The number of rotatable bonds is 4. The summed E-state index contributed by atoms with van der Waals surface area (Å²) in [6, 6.07) is 7.54. The van der Waals surface area contributed by atoms with Crippen molar-refractivity contribution in [2.24, 2.45) is 11.0 Å². The number of carbonyl (C=O) groups is 1. The van der Waals surface area contributed by atoms with Crippen LogP contribution in [0.25, 0.3) is 0 Å². The number of hydrazone groups is 1. The molecule has 1 aliphatic heterocycles. The summed E-state index contributed by atoms with van der Waals surface area (Å²) >= 11 is 0. The highest BCUT2D eigenvalue weighted by Gasteiger charge is 2.20. The van der Waals surface area contributed by atoms with E-state index in [0.717, 1.165) is 37.2 Å². The van der Waals surface area contributed by atoms with Gasteiger partial charge in [0, 0.05) is 11.5 Å². The smallest absolute Gasteiger partial charge is 0.243 e. The average molecular weight is 261 g/mol. The van der Waals surface area contributed by atoms with Crippen LogP contribution in [0.1, 0.15) is 18.4 Å². The minimum Gasteiger partial charge on any atom is -0.496 e. The van der Waals surface area contributed by atoms with E-state index in [1.807, 2.05) is 24.3 Å². The molecule has 5 heteroatoms. The third-order valence-electron chi connectivity index (χ3n) is 3.23. The molecular weight excluding hydrogens is 242 g/mol. The Balaban J connectivity index is 1.90. The molecule has 1 aromatic carbocycles. The zero-order chi connectivity index (χ0) is 13.5. The van der Waals surface area contributed by atoms with Crippen molar-refractivity contribution in [3.8, 4) is 5.75 Å². The molecule has 0 radical (unpaired) electrons. The normalized spacial score (nSPS) is 16.5. The van der Waals surface area contributed by atoms with Crippen molar-refractivity contribution in [1.29, 1.82) is 0 Å². The number of piperidine rings is 1. The Morgan fingerprint density at radius 2 is 2.16 bits per heavy atom. The lowest BCUT2D eigenvalue weighted by Crippen LogP contribution is -2.36. The molecule has 1 aliphatic rings. The molecule has 0 aliphatic carbocycles. The van der Waals surface area contributed by atoms with E-state index in [2.05, 4.69) is 15.8 Å². The van der Waals surface area contributed by atoms with E-state index < -0.39 is 0 Å². The van der Waals surface area contributed by atoms with Gasteiger partial charge in [0.15, 0.2) is 0 Å². The van der Waals surface area contributed by atoms with Crippen molar-refractivity contribution >= 4 is 12.1 Å². The van der Waals surface area contributed by atoms with Crippen molar-refractivity contribution in [2.45, 2.75) is 12.8 Å². The Kier molecular flexibility index (Phi) is 4.92. The second kappa shape index (κ2) is 6.89. The molecule has 0 aromatic heterocycles. The van der Waals surface area contributed by atoms with Crippen molar-refractivity contribution < 1.29 is 9.53 Å². The Morgan fingerprint density at radius 3 is 2.89 bits per heavy atom. The Bertz CT molecular complexity index is 454. The molecule has 102 valence electrons. The van der Waals surface area contributed by atoms with Gasteiger partial charge in [0.1, 0.15) is 5.75 Å². The molecule has 0 atom stereocenters. The van der Waals surface area contributed by atoms with Crippen LogP contribution in [0.5, 0.6) is 5.75 Å². The quantitative estimate of drug-likeness (QED) is 0.631. The van der Waals surface area contributed by atoms with Crippen molar-refractivity contribution in [1.82, 2.24) is 10.7 Å². The summed E-state index contributed by atoms with van der Waals surface area (Å²) in [5.41, 5.74) is 3.44. The number of hydrogen-bond acceptors (Lipinski definition) is 4. The molecule has 0 bridgehead atoms.